The summed E-state index contributed by atoms with van der Waals surface area (Å²) < 4.78 is 15.3. The van der Waals surface area contributed by atoms with Crippen molar-refractivity contribution in [2.45, 2.75) is 12.5 Å². The number of hydrogen-bond acceptors (Lipinski definition) is 6. The third-order valence-corrected chi connectivity index (χ3v) is 6.80. The normalized spacial score (nSPS) is 19.6. The van der Waals surface area contributed by atoms with Crippen molar-refractivity contribution < 1.29 is 9.18 Å². The minimum Gasteiger partial charge on any atom is -0.361 e. The van der Waals surface area contributed by atoms with Gasteiger partial charge in [0.15, 0.2) is 0 Å². The molecule has 0 unspecified atom stereocenters. The Kier molecular flexibility index (Phi) is 5.03. The molecule has 2 aliphatic heterocycles. The van der Waals surface area contributed by atoms with E-state index in [0.29, 0.717) is 29.2 Å². The van der Waals surface area contributed by atoms with Gasteiger partial charge in [-0.3, -0.25) is 4.79 Å². The number of halogens is 2. The molecule has 10 heteroatoms. The highest BCUT2D eigenvalue weighted by Crippen LogP contribution is 2.38. The smallest absolute Gasteiger partial charge is 0.258 e. The summed E-state index contributed by atoms with van der Waals surface area (Å²) in [5.74, 6) is -0.653. The number of nitrogens with zero attached hydrogens (tertiary/aromatic N) is 3. The lowest BCUT2D eigenvalue weighted by Gasteiger charge is -2.34. The molecule has 1 aromatic carbocycles. The predicted octanol–water partition coefficient (Wildman–Crippen LogP) is 3.93. The highest BCUT2D eigenvalue weighted by molar-refractivity contribution is 9.11. The summed E-state index contributed by atoms with van der Waals surface area (Å²) in [5, 5.41) is 11.6. The Morgan fingerprint density at radius 3 is 3.10 bits per heavy atom. The van der Waals surface area contributed by atoms with Crippen molar-refractivity contribution >= 4 is 49.6 Å². The Bertz CT molecular complexity index is 1310. The van der Waals surface area contributed by atoms with E-state index in [-0.39, 0.29) is 17.3 Å². The van der Waals surface area contributed by atoms with E-state index in [4.69, 9.17) is 5.41 Å². The Morgan fingerprint density at radius 2 is 2.29 bits per heavy atom. The summed E-state index contributed by atoms with van der Waals surface area (Å²) in [7, 11) is 0. The average molecular weight is 499 g/mol. The Hall–Kier alpha value is -3.11. The van der Waals surface area contributed by atoms with Gasteiger partial charge < -0.3 is 20.6 Å². The molecule has 0 bridgehead atoms. The molecule has 156 valence electrons. The lowest BCUT2D eigenvalue weighted by atomic mass is 10.0. The number of carbonyl (C=O) groups excluding carboxylic acids is 1. The number of imidazole rings is 1. The summed E-state index contributed by atoms with van der Waals surface area (Å²) >= 11 is 4.82. The summed E-state index contributed by atoms with van der Waals surface area (Å²) in [5.41, 5.74) is 2.99. The molecule has 0 aliphatic carbocycles. The van der Waals surface area contributed by atoms with Crippen LogP contribution < -0.4 is 5.32 Å². The molecule has 0 saturated heterocycles. The Balaban J connectivity index is 1.61. The maximum Gasteiger partial charge on any atom is 0.258 e. The van der Waals surface area contributed by atoms with Gasteiger partial charge in [-0.1, -0.05) is 15.9 Å². The molecule has 4 heterocycles. The van der Waals surface area contributed by atoms with Crippen LogP contribution in [0.15, 0.2) is 58.6 Å². The molecule has 31 heavy (non-hydrogen) atoms. The first-order chi connectivity index (χ1) is 15.0. The van der Waals surface area contributed by atoms with Crippen LogP contribution in [0.25, 0.3) is 10.2 Å². The molecule has 1 atom stereocenters. The first-order valence-corrected chi connectivity index (χ1v) is 11.1. The number of aromatic amines is 1. The minimum atomic E-state index is -0.523. The topological polar surface area (TPSA) is 97.8 Å². The van der Waals surface area contributed by atoms with E-state index in [9.17, 15) is 9.18 Å². The highest BCUT2D eigenvalue weighted by Gasteiger charge is 2.37. The van der Waals surface area contributed by atoms with Gasteiger partial charge in [0.2, 0.25) is 0 Å². The number of amides is 1. The van der Waals surface area contributed by atoms with Crippen LogP contribution in [-0.4, -0.2) is 38.5 Å². The van der Waals surface area contributed by atoms with Crippen molar-refractivity contribution in [2.75, 3.05) is 6.54 Å². The van der Waals surface area contributed by atoms with E-state index < -0.39 is 6.04 Å². The van der Waals surface area contributed by atoms with Gasteiger partial charge in [0.1, 0.15) is 16.9 Å². The first kappa shape index (κ1) is 19.8. The van der Waals surface area contributed by atoms with Crippen LogP contribution in [0.3, 0.4) is 0 Å². The van der Waals surface area contributed by atoms with E-state index >= 15 is 0 Å². The largest absolute Gasteiger partial charge is 0.361 e. The van der Waals surface area contributed by atoms with E-state index in [1.54, 1.807) is 29.6 Å². The van der Waals surface area contributed by atoms with Crippen molar-refractivity contribution in [1.82, 2.24) is 25.2 Å². The zero-order valence-electron chi connectivity index (χ0n) is 16.0. The summed E-state index contributed by atoms with van der Waals surface area (Å²) in [6.07, 6.45) is 8.57. The van der Waals surface area contributed by atoms with Crippen molar-refractivity contribution in [3.63, 3.8) is 0 Å². The molecule has 0 saturated carbocycles. The average Bonchev–Trinajstić information content (AvgIpc) is 3.39. The number of rotatable bonds is 3. The molecule has 2 aliphatic rings. The van der Waals surface area contributed by atoms with Gasteiger partial charge in [0.25, 0.3) is 5.91 Å². The molecular formula is C21H16BrFN6OS. The summed E-state index contributed by atoms with van der Waals surface area (Å²) in [6.45, 7) is 0.439. The van der Waals surface area contributed by atoms with Gasteiger partial charge in [-0.25, -0.2) is 14.4 Å². The minimum absolute atomic E-state index is 0.234. The van der Waals surface area contributed by atoms with Gasteiger partial charge in [-0.05, 0) is 24.3 Å². The second-order valence-corrected chi connectivity index (χ2v) is 9.04. The molecule has 1 amide bonds. The van der Waals surface area contributed by atoms with Crippen LogP contribution in [0.1, 0.15) is 22.4 Å². The lowest BCUT2D eigenvalue weighted by molar-refractivity contribution is -0.128. The maximum absolute atomic E-state index is 13.7. The van der Waals surface area contributed by atoms with Gasteiger partial charge in [0, 0.05) is 41.6 Å². The molecule has 7 nitrogen and oxygen atoms in total. The fraction of sp³-hybridized carbons (Fsp3) is 0.143. The van der Waals surface area contributed by atoms with Gasteiger partial charge in [-0.2, -0.15) is 0 Å². The number of hydrogen-bond donors (Lipinski definition) is 3. The number of aromatic nitrogens is 3. The molecule has 2 aromatic heterocycles. The highest BCUT2D eigenvalue weighted by atomic mass is 79.9. The Morgan fingerprint density at radius 1 is 1.42 bits per heavy atom. The molecule has 3 N–H and O–H groups in total. The fourth-order valence-corrected chi connectivity index (χ4v) is 5.21. The predicted molar refractivity (Wildman–Crippen MR) is 121 cm³/mol. The second kappa shape index (κ2) is 7.86. The first-order valence-electron chi connectivity index (χ1n) is 9.49. The van der Waals surface area contributed by atoms with E-state index in [0.717, 1.165) is 26.8 Å². The standard InChI is InChI=1S/C21H16BrFN6OS/c22-11-3-5-25-15(7-11)13(9-24)21(30)29-6-4-14-18(27-10-26-14)19(29)20-28-16-8-12(23)1-2-17(16)31-20/h1-3,5,7-10,19,24-25H,4,6H2,(H,26,27)/b15-13+,24-9?/t19-/m0/s1. The molecule has 0 radical (unpaired) electrons. The molecular weight excluding hydrogens is 483 g/mol. The van der Waals surface area contributed by atoms with Crippen LogP contribution in [-0.2, 0) is 11.2 Å². The number of thiazole rings is 1. The van der Waals surface area contributed by atoms with Crippen molar-refractivity contribution in [1.29, 1.82) is 5.41 Å². The van der Waals surface area contributed by atoms with Crippen LogP contribution in [0, 0.1) is 11.2 Å². The van der Waals surface area contributed by atoms with E-state index in [2.05, 4.69) is 36.2 Å². The van der Waals surface area contributed by atoms with Crippen LogP contribution in [0.4, 0.5) is 4.39 Å². The van der Waals surface area contributed by atoms with Gasteiger partial charge in [0.05, 0.1) is 33.5 Å². The van der Waals surface area contributed by atoms with Gasteiger partial charge in [-0.15, -0.1) is 11.3 Å². The molecule has 5 rings (SSSR count). The number of benzene rings is 1. The quantitative estimate of drug-likeness (QED) is 0.376. The third kappa shape index (κ3) is 3.51. The van der Waals surface area contributed by atoms with Crippen molar-refractivity contribution in [3.8, 4) is 0 Å². The van der Waals surface area contributed by atoms with Crippen LogP contribution >= 0.6 is 27.3 Å². The van der Waals surface area contributed by atoms with Gasteiger partial charge >= 0.3 is 0 Å². The zero-order chi connectivity index (χ0) is 21.5. The van der Waals surface area contributed by atoms with E-state index in [1.165, 1.54) is 23.5 Å². The Labute approximate surface area is 189 Å². The number of carbonyl (C=O) groups is 1. The van der Waals surface area contributed by atoms with Crippen LogP contribution in [0.2, 0.25) is 0 Å². The number of dihydropyridines is 1. The number of fused-ring (bicyclic) bond motifs is 2. The number of H-pyrrole nitrogens is 1. The monoisotopic (exact) mass is 498 g/mol. The third-order valence-electron chi connectivity index (χ3n) is 5.21. The van der Waals surface area contributed by atoms with E-state index in [1.807, 2.05) is 6.08 Å². The molecule has 3 aromatic rings. The maximum atomic E-state index is 13.7. The lowest BCUT2D eigenvalue weighted by Crippen LogP contribution is -2.42. The van der Waals surface area contributed by atoms with Crippen molar-refractivity contribution in [3.05, 3.63) is 80.8 Å². The summed E-state index contributed by atoms with van der Waals surface area (Å²) in [4.78, 5) is 27.5. The zero-order valence-corrected chi connectivity index (χ0v) is 18.4. The van der Waals surface area contributed by atoms with Crippen molar-refractivity contribution in [2.24, 2.45) is 0 Å². The molecule has 0 fully saturated rings. The summed E-state index contributed by atoms with van der Waals surface area (Å²) in [6, 6.07) is 3.96. The SMILES string of the molecule is N=C/C(C(=O)N1CCc2[nH]cnc2[C@H]1c1nc2cc(F)ccc2s1)=C1/C=C(Br)C=CN1. The number of nitrogens with one attached hydrogen (secondary N) is 3. The fourth-order valence-electron chi connectivity index (χ4n) is 3.78. The van der Waals surface area contributed by atoms with Crippen LogP contribution in [0.5, 0.6) is 0 Å². The number of allylic oxidation sites excluding steroid dienone is 3. The second-order valence-electron chi connectivity index (χ2n) is 7.06. The molecule has 0 spiro atoms.